The van der Waals surface area contributed by atoms with Gasteiger partial charge in [-0.3, -0.25) is 0 Å². The fourth-order valence-corrected chi connectivity index (χ4v) is 11.1. The van der Waals surface area contributed by atoms with Gasteiger partial charge < -0.3 is 18.8 Å². The summed E-state index contributed by atoms with van der Waals surface area (Å²) >= 11 is 0. The molecule has 1 spiro atoms. The molecule has 3 heterocycles. The number of para-hydroxylation sites is 3. The van der Waals surface area contributed by atoms with E-state index in [1.807, 2.05) is 12.1 Å². The van der Waals surface area contributed by atoms with E-state index < -0.39 is 5.41 Å². The van der Waals surface area contributed by atoms with E-state index in [9.17, 15) is 0 Å². The minimum absolute atomic E-state index is 0.633. The van der Waals surface area contributed by atoms with Crippen LogP contribution in [0.2, 0.25) is 0 Å². The summed E-state index contributed by atoms with van der Waals surface area (Å²) in [5, 5.41) is 4.45. The average Bonchev–Trinajstić information content (AvgIpc) is 3.80. The van der Waals surface area contributed by atoms with Crippen LogP contribution in [0.4, 0.5) is 17.1 Å². The fraction of sp³-hybridized carbons (Fsp3) is 0.0154. The molecule has 1 aromatic heterocycles. The summed E-state index contributed by atoms with van der Waals surface area (Å²) in [6, 6.07) is 88.4. The Morgan fingerprint density at radius 1 is 0.304 bits per heavy atom. The van der Waals surface area contributed by atoms with Crippen LogP contribution in [0.25, 0.3) is 66.1 Å². The van der Waals surface area contributed by atoms with Gasteiger partial charge in [0, 0.05) is 55.5 Å². The van der Waals surface area contributed by atoms with Crippen LogP contribution in [-0.2, 0) is 5.41 Å². The molecule has 14 rings (SSSR count). The van der Waals surface area contributed by atoms with E-state index in [0.29, 0.717) is 0 Å². The van der Waals surface area contributed by atoms with Crippen molar-refractivity contribution in [3.8, 4) is 56.4 Å². The number of benzene rings is 11. The maximum atomic E-state index is 6.87. The van der Waals surface area contributed by atoms with E-state index in [1.54, 1.807) is 0 Å². The molecule has 0 fully saturated rings. The summed E-state index contributed by atoms with van der Waals surface area (Å²) in [6.45, 7) is 0. The first kappa shape index (κ1) is 39.1. The van der Waals surface area contributed by atoms with Crippen molar-refractivity contribution in [2.45, 2.75) is 5.41 Å². The van der Waals surface area contributed by atoms with E-state index in [4.69, 9.17) is 13.9 Å². The van der Waals surface area contributed by atoms with Gasteiger partial charge in [0.05, 0.1) is 5.41 Å². The van der Waals surface area contributed by atoms with Crippen LogP contribution < -0.4 is 14.4 Å². The Morgan fingerprint density at radius 3 is 1.48 bits per heavy atom. The maximum Gasteiger partial charge on any atom is 0.143 e. The zero-order valence-corrected chi connectivity index (χ0v) is 37.3. The zero-order chi connectivity index (χ0) is 45.5. The number of hydrogen-bond donors (Lipinski definition) is 0. The van der Waals surface area contributed by atoms with E-state index in [0.717, 1.165) is 112 Å². The molecule has 0 radical (unpaired) electrons. The Morgan fingerprint density at radius 2 is 0.812 bits per heavy atom. The van der Waals surface area contributed by atoms with E-state index in [2.05, 4.69) is 241 Å². The first-order valence-electron chi connectivity index (χ1n) is 23.5. The molecule has 0 unspecified atom stereocenters. The molecular formula is C65H41NO3. The zero-order valence-electron chi connectivity index (χ0n) is 37.3. The topological polar surface area (TPSA) is 34.8 Å². The summed E-state index contributed by atoms with van der Waals surface area (Å²) < 4.78 is 20.0. The Hall–Kier alpha value is -9.12. The van der Waals surface area contributed by atoms with Gasteiger partial charge in [-0.25, -0.2) is 0 Å². The minimum Gasteiger partial charge on any atom is -0.457 e. The number of nitrogens with zero attached hydrogens (tertiary/aromatic N) is 1. The second-order valence-electron chi connectivity index (χ2n) is 17.9. The Kier molecular flexibility index (Phi) is 8.77. The second kappa shape index (κ2) is 15.5. The fourth-order valence-electron chi connectivity index (χ4n) is 11.1. The van der Waals surface area contributed by atoms with Gasteiger partial charge in [0.1, 0.15) is 34.2 Å². The van der Waals surface area contributed by atoms with Gasteiger partial charge in [-0.05, 0) is 112 Å². The second-order valence-corrected chi connectivity index (χ2v) is 17.9. The third-order valence-electron chi connectivity index (χ3n) is 14.2. The number of fused-ring (bicyclic) bond motifs is 13. The first-order valence-corrected chi connectivity index (χ1v) is 23.5. The summed E-state index contributed by atoms with van der Waals surface area (Å²) in [4.78, 5) is 2.34. The molecule has 0 atom stereocenters. The predicted octanol–water partition coefficient (Wildman–Crippen LogP) is 17.8. The van der Waals surface area contributed by atoms with Crippen molar-refractivity contribution in [1.82, 2.24) is 0 Å². The molecule has 4 nitrogen and oxygen atoms in total. The highest BCUT2D eigenvalue weighted by Crippen LogP contribution is 2.61. The normalized spacial score (nSPS) is 13.0. The molecule has 69 heavy (non-hydrogen) atoms. The van der Waals surface area contributed by atoms with E-state index in [1.165, 1.54) is 16.7 Å². The van der Waals surface area contributed by atoms with Crippen LogP contribution in [0.15, 0.2) is 253 Å². The smallest absolute Gasteiger partial charge is 0.143 e. The lowest BCUT2D eigenvalue weighted by Gasteiger charge is -2.44. The molecule has 0 saturated heterocycles. The highest BCUT2D eigenvalue weighted by molar-refractivity contribution is 6.15. The van der Waals surface area contributed by atoms with Crippen LogP contribution >= 0.6 is 0 Å². The van der Waals surface area contributed by atoms with Crippen molar-refractivity contribution in [2.24, 2.45) is 0 Å². The summed E-state index contributed by atoms with van der Waals surface area (Å²) in [5.74, 6) is 3.36. The van der Waals surface area contributed by atoms with Crippen LogP contribution in [0.1, 0.15) is 22.3 Å². The quantitative estimate of drug-likeness (QED) is 0.167. The molecule has 2 aliphatic rings. The number of furan rings is 1. The van der Waals surface area contributed by atoms with Crippen molar-refractivity contribution < 1.29 is 13.9 Å². The highest BCUT2D eigenvalue weighted by Gasteiger charge is 2.50. The number of ether oxygens (including phenoxy) is 2. The lowest BCUT2D eigenvalue weighted by molar-refractivity contribution is 0.399. The molecule has 4 heteroatoms. The highest BCUT2D eigenvalue weighted by atomic mass is 16.5. The van der Waals surface area contributed by atoms with Gasteiger partial charge in [-0.15, -0.1) is 0 Å². The lowest BCUT2D eigenvalue weighted by atomic mass is 9.62. The van der Waals surface area contributed by atoms with Crippen LogP contribution in [0, 0.1) is 0 Å². The Labute approximate surface area is 399 Å². The molecule has 2 aliphatic heterocycles. The van der Waals surface area contributed by atoms with Crippen LogP contribution in [0.5, 0.6) is 23.0 Å². The number of rotatable bonds is 6. The van der Waals surface area contributed by atoms with E-state index >= 15 is 0 Å². The molecule has 0 saturated carbocycles. The van der Waals surface area contributed by atoms with Crippen molar-refractivity contribution in [1.29, 1.82) is 0 Å². The number of anilines is 3. The molecule has 0 bridgehead atoms. The summed E-state index contributed by atoms with van der Waals surface area (Å²) in [6.07, 6.45) is 0. The van der Waals surface area contributed by atoms with Crippen molar-refractivity contribution in [3.05, 3.63) is 271 Å². The van der Waals surface area contributed by atoms with Crippen LogP contribution in [-0.4, -0.2) is 0 Å². The summed E-state index contributed by atoms with van der Waals surface area (Å²) in [7, 11) is 0. The standard InChI is InChI=1S/C65H41NO3/c1-2-14-43(15-3-1)50-17-6-7-18-51(50)45-28-34-48(35-29-45)66(49-36-39-59-54(41-49)53-37-30-44-16-4-5-19-52(44)64(53)69-59)47-32-26-42(27-33-47)46-31-38-58-63(40-46)68-62-25-13-10-22-57(62)65(58)55-20-8-11-23-60(55)67-61-24-12-9-21-56(61)65/h1-41H. The number of hydrogen-bond acceptors (Lipinski definition) is 4. The van der Waals surface area contributed by atoms with Gasteiger partial charge >= 0.3 is 0 Å². The summed E-state index contributed by atoms with van der Waals surface area (Å²) in [5.41, 5.74) is 15.5. The van der Waals surface area contributed by atoms with Crippen molar-refractivity contribution >= 4 is 49.8 Å². The van der Waals surface area contributed by atoms with Crippen molar-refractivity contribution in [2.75, 3.05) is 4.90 Å². The van der Waals surface area contributed by atoms with Gasteiger partial charge in [0.15, 0.2) is 0 Å². The predicted molar refractivity (Wildman–Crippen MR) is 281 cm³/mol. The molecular weight excluding hydrogens is 843 g/mol. The molecule has 12 aromatic rings. The van der Waals surface area contributed by atoms with Crippen molar-refractivity contribution in [3.63, 3.8) is 0 Å². The molecule has 0 N–H and O–H groups in total. The molecule has 0 aliphatic carbocycles. The lowest BCUT2D eigenvalue weighted by Crippen LogP contribution is -2.36. The third kappa shape index (κ3) is 6.09. The minimum atomic E-state index is -0.633. The largest absolute Gasteiger partial charge is 0.457 e. The Bertz CT molecular complexity index is 3900. The molecule has 11 aromatic carbocycles. The monoisotopic (exact) mass is 883 g/mol. The van der Waals surface area contributed by atoms with Gasteiger partial charge in [-0.2, -0.15) is 0 Å². The molecule has 324 valence electrons. The average molecular weight is 884 g/mol. The van der Waals surface area contributed by atoms with Gasteiger partial charge in [0.25, 0.3) is 0 Å². The van der Waals surface area contributed by atoms with Crippen LogP contribution in [0.3, 0.4) is 0 Å². The van der Waals surface area contributed by atoms with E-state index in [-0.39, 0.29) is 0 Å². The molecule has 0 amide bonds. The third-order valence-corrected chi connectivity index (χ3v) is 14.2. The maximum absolute atomic E-state index is 6.87. The first-order chi connectivity index (χ1) is 34.2. The Balaban J connectivity index is 0.885. The van der Waals surface area contributed by atoms with Gasteiger partial charge in [0.2, 0.25) is 0 Å². The van der Waals surface area contributed by atoms with Gasteiger partial charge in [-0.1, -0.05) is 176 Å². The SMILES string of the molecule is c1ccc(-c2ccccc2-c2ccc(N(c3ccc(-c4ccc5c(c4)Oc4ccccc4C54c5ccccc5Oc5ccccc54)cc3)c3ccc4oc5c6ccccc6ccc5c4c3)cc2)cc1.